The monoisotopic (exact) mass is 513 g/mol. The normalized spacial score (nSPS) is 15.5. The molecule has 0 aliphatic heterocycles. The van der Waals surface area contributed by atoms with E-state index < -0.39 is 21.8 Å². The van der Waals surface area contributed by atoms with Crippen LogP contribution in [-0.2, 0) is 32.2 Å². The fraction of sp³-hybridized carbons (Fsp3) is 0.524. The molecule has 1 aliphatic carbocycles. The Balaban J connectivity index is 1.69. The minimum Gasteiger partial charge on any atom is -0.444 e. The third-order valence-electron chi connectivity index (χ3n) is 4.77. The number of nitrogens with zero attached hydrogens (tertiary/aromatic N) is 2. The molecule has 1 unspecified atom stereocenters. The van der Waals surface area contributed by atoms with Crippen molar-refractivity contribution in [3.63, 3.8) is 0 Å². The maximum Gasteiger partial charge on any atom is 0.407 e. The molecule has 1 aliphatic rings. The van der Waals surface area contributed by atoms with Crippen LogP contribution in [0.2, 0.25) is 0 Å². The molecule has 1 amide bonds. The zero-order valence-corrected chi connectivity index (χ0v) is 20.5. The van der Waals surface area contributed by atoms with Crippen LogP contribution in [0.15, 0.2) is 39.8 Å². The van der Waals surface area contributed by atoms with Crippen LogP contribution < -0.4 is 5.32 Å². The highest BCUT2D eigenvalue weighted by molar-refractivity contribution is 9.10. The number of carbonyl (C=O) groups is 1. The first-order valence-electron chi connectivity index (χ1n) is 10.1. The first-order chi connectivity index (χ1) is 14.4. The fourth-order valence-electron chi connectivity index (χ4n) is 3.06. The van der Waals surface area contributed by atoms with E-state index >= 15 is 0 Å². The lowest BCUT2D eigenvalue weighted by Crippen LogP contribution is -2.42. The zero-order chi connectivity index (χ0) is 22.8. The summed E-state index contributed by atoms with van der Waals surface area (Å²) in [7, 11) is -3.90. The number of alkyl carbamates (subject to hydrolysis) is 1. The highest BCUT2D eigenvalue weighted by Crippen LogP contribution is 2.34. The number of benzene rings is 1. The molecule has 1 heterocycles. The largest absolute Gasteiger partial charge is 0.444 e. The van der Waals surface area contributed by atoms with Crippen molar-refractivity contribution >= 4 is 32.1 Å². The van der Waals surface area contributed by atoms with Gasteiger partial charge in [0.25, 0.3) is 10.1 Å². The van der Waals surface area contributed by atoms with Crippen molar-refractivity contribution in [3.05, 3.63) is 46.2 Å². The van der Waals surface area contributed by atoms with Gasteiger partial charge >= 0.3 is 6.09 Å². The number of hydrogen-bond donors (Lipinski definition) is 1. The van der Waals surface area contributed by atoms with Crippen LogP contribution in [0.4, 0.5) is 4.79 Å². The molecule has 1 atom stereocenters. The van der Waals surface area contributed by atoms with E-state index in [1.54, 1.807) is 22.9 Å². The molecule has 2 aromatic rings. The Morgan fingerprint density at radius 1 is 1.29 bits per heavy atom. The molecule has 0 saturated heterocycles. The van der Waals surface area contributed by atoms with Gasteiger partial charge in [0.2, 0.25) is 0 Å². The Morgan fingerprint density at radius 3 is 2.52 bits per heavy atom. The van der Waals surface area contributed by atoms with Crippen molar-refractivity contribution in [2.45, 2.75) is 70.2 Å². The number of hydrogen-bond acceptors (Lipinski definition) is 6. The van der Waals surface area contributed by atoms with E-state index in [0.717, 1.165) is 18.4 Å². The lowest BCUT2D eigenvalue weighted by molar-refractivity contribution is 0.0491. The predicted molar refractivity (Wildman–Crippen MR) is 119 cm³/mol. The Kier molecular flexibility index (Phi) is 7.12. The predicted octanol–water partition coefficient (Wildman–Crippen LogP) is 4.16. The summed E-state index contributed by atoms with van der Waals surface area (Å²) in [5, 5.41) is 7.32. The number of rotatable bonds is 8. The number of halogens is 1. The molecule has 3 rings (SSSR count). The summed E-state index contributed by atoms with van der Waals surface area (Å²) in [5.74, 6) is 0.334. The van der Waals surface area contributed by atoms with Gasteiger partial charge in [-0.15, -0.1) is 0 Å². The molecule has 1 N–H and O–H groups in total. The number of carbonyl (C=O) groups excluding carboxylic acids is 1. The van der Waals surface area contributed by atoms with Crippen molar-refractivity contribution in [1.82, 2.24) is 15.1 Å². The second kappa shape index (κ2) is 9.30. The zero-order valence-electron chi connectivity index (χ0n) is 18.1. The quantitative estimate of drug-likeness (QED) is 0.531. The highest BCUT2D eigenvalue weighted by Gasteiger charge is 2.34. The van der Waals surface area contributed by atoms with Gasteiger partial charge in [-0.25, -0.2) is 4.79 Å². The second-order valence-corrected chi connectivity index (χ2v) is 11.2. The van der Waals surface area contributed by atoms with Crippen LogP contribution in [0.1, 0.15) is 44.9 Å². The molecule has 8 nitrogen and oxygen atoms in total. The maximum absolute atomic E-state index is 12.5. The van der Waals surface area contributed by atoms with E-state index in [2.05, 4.69) is 26.3 Å². The van der Waals surface area contributed by atoms with E-state index in [4.69, 9.17) is 8.92 Å². The lowest BCUT2D eigenvalue weighted by atomic mass is 10.2. The standard InChI is InChI=1S/C21H28BrN3O5S/c1-14-5-9-17(10-6-14)31(27,28)29-13-16-11-19(22)24-25(16)12-18(15-7-8-15)23-20(26)30-21(2,3)4/h5-6,9-11,15,18H,7-8,12-13H2,1-4H3,(H,23,26). The minimum absolute atomic E-state index is 0.102. The Morgan fingerprint density at radius 2 is 1.94 bits per heavy atom. The van der Waals surface area contributed by atoms with Gasteiger partial charge in [0.15, 0.2) is 0 Å². The van der Waals surface area contributed by atoms with Gasteiger partial charge in [0, 0.05) is 0 Å². The molecule has 1 fully saturated rings. The van der Waals surface area contributed by atoms with Gasteiger partial charge < -0.3 is 10.1 Å². The first kappa shape index (κ1) is 23.7. The molecule has 0 radical (unpaired) electrons. The van der Waals surface area contributed by atoms with Crippen LogP contribution in [0.3, 0.4) is 0 Å². The van der Waals surface area contributed by atoms with Crippen LogP contribution in [0.25, 0.3) is 0 Å². The molecule has 1 aromatic carbocycles. The number of nitrogens with one attached hydrogen (secondary N) is 1. The molecule has 0 spiro atoms. The van der Waals surface area contributed by atoms with Gasteiger partial charge in [-0.05, 0) is 80.6 Å². The molecule has 0 bridgehead atoms. The van der Waals surface area contributed by atoms with Gasteiger partial charge in [0.05, 0.1) is 23.2 Å². The van der Waals surface area contributed by atoms with Crippen molar-refractivity contribution in [2.75, 3.05) is 0 Å². The van der Waals surface area contributed by atoms with Gasteiger partial charge in [-0.2, -0.15) is 13.5 Å². The summed E-state index contributed by atoms with van der Waals surface area (Å²) in [5.41, 5.74) is 0.958. The summed E-state index contributed by atoms with van der Waals surface area (Å²) < 4.78 is 37.9. The smallest absolute Gasteiger partial charge is 0.407 e. The van der Waals surface area contributed by atoms with Gasteiger partial charge in [0.1, 0.15) is 16.8 Å². The van der Waals surface area contributed by atoms with Crippen molar-refractivity contribution < 1.29 is 22.1 Å². The minimum atomic E-state index is -3.90. The molecular formula is C21H28BrN3O5S. The van der Waals surface area contributed by atoms with Gasteiger partial charge in [-0.1, -0.05) is 17.7 Å². The van der Waals surface area contributed by atoms with E-state index in [0.29, 0.717) is 22.8 Å². The molecule has 31 heavy (non-hydrogen) atoms. The Bertz CT molecular complexity index is 1020. The van der Waals surface area contributed by atoms with Gasteiger partial charge in [-0.3, -0.25) is 8.86 Å². The van der Waals surface area contributed by atoms with E-state index in [9.17, 15) is 13.2 Å². The summed E-state index contributed by atoms with van der Waals surface area (Å²) in [6, 6.07) is 8.02. The SMILES string of the molecule is Cc1ccc(S(=O)(=O)OCc2cc(Br)nn2CC(NC(=O)OC(C)(C)C)C2CC2)cc1. The van der Waals surface area contributed by atoms with Crippen molar-refractivity contribution in [2.24, 2.45) is 5.92 Å². The average molecular weight is 514 g/mol. The Labute approximate surface area is 191 Å². The second-order valence-electron chi connectivity index (χ2n) is 8.76. The number of ether oxygens (including phenoxy) is 1. The van der Waals surface area contributed by atoms with Crippen LogP contribution in [0, 0.1) is 12.8 Å². The molecule has 10 heteroatoms. The van der Waals surface area contributed by atoms with Crippen molar-refractivity contribution in [3.8, 4) is 0 Å². The highest BCUT2D eigenvalue weighted by atomic mass is 79.9. The maximum atomic E-state index is 12.5. The summed E-state index contributed by atoms with van der Waals surface area (Å²) in [4.78, 5) is 12.3. The fourth-order valence-corrected chi connectivity index (χ4v) is 4.40. The third-order valence-corrected chi connectivity index (χ3v) is 6.43. The Hall–Kier alpha value is -1.91. The number of aromatic nitrogens is 2. The molecule has 170 valence electrons. The number of amides is 1. The topological polar surface area (TPSA) is 99.5 Å². The summed E-state index contributed by atoms with van der Waals surface area (Å²) >= 11 is 3.34. The summed E-state index contributed by atoms with van der Waals surface area (Å²) in [6.45, 7) is 7.54. The van der Waals surface area contributed by atoms with Crippen LogP contribution in [0.5, 0.6) is 0 Å². The van der Waals surface area contributed by atoms with Crippen molar-refractivity contribution in [1.29, 1.82) is 0 Å². The van der Waals surface area contributed by atoms with E-state index in [1.165, 1.54) is 12.1 Å². The van der Waals surface area contributed by atoms with Crippen LogP contribution in [-0.4, -0.2) is 35.9 Å². The van der Waals surface area contributed by atoms with E-state index in [1.807, 2.05) is 27.7 Å². The molecule has 1 saturated carbocycles. The molecular weight excluding hydrogens is 486 g/mol. The average Bonchev–Trinajstić information content (AvgIpc) is 3.42. The third kappa shape index (κ3) is 7.05. The lowest BCUT2D eigenvalue weighted by Gasteiger charge is -2.24. The number of aryl methyl sites for hydroxylation is 1. The molecule has 1 aromatic heterocycles. The summed E-state index contributed by atoms with van der Waals surface area (Å²) in [6.07, 6.45) is 1.54. The van der Waals surface area contributed by atoms with Crippen LogP contribution >= 0.6 is 15.9 Å². The first-order valence-corrected chi connectivity index (χ1v) is 12.3. The van der Waals surface area contributed by atoms with E-state index in [-0.39, 0.29) is 17.5 Å².